The summed E-state index contributed by atoms with van der Waals surface area (Å²) in [6.45, 7) is 2.73. The summed E-state index contributed by atoms with van der Waals surface area (Å²) in [6.07, 6.45) is 6.58. The lowest BCUT2D eigenvalue weighted by molar-refractivity contribution is 0.399. The van der Waals surface area contributed by atoms with Crippen LogP contribution in [-0.2, 0) is 6.54 Å². The highest BCUT2D eigenvalue weighted by Crippen LogP contribution is 2.28. The van der Waals surface area contributed by atoms with Crippen molar-refractivity contribution in [3.63, 3.8) is 0 Å². The van der Waals surface area contributed by atoms with Crippen molar-refractivity contribution in [3.05, 3.63) is 36.2 Å². The van der Waals surface area contributed by atoms with Crippen molar-refractivity contribution in [1.82, 2.24) is 25.2 Å². The van der Waals surface area contributed by atoms with E-state index in [-0.39, 0.29) is 6.04 Å². The molecule has 7 heteroatoms. The van der Waals surface area contributed by atoms with E-state index in [1.807, 2.05) is 11.6 Å². The van der Waals surface area contributed by atoms with Gasteiger partial charge in [0.1, 0.15) is 12.0 Å². The molecule has 18 heavy (non-hydrogen) atoms. The Hall–Kier alpha value is -1.99. The van der Waals surface area contributed by atoms with E-state index in [4.69, 9.17) is 10.6 Å². The quantitative estimate of drug-likeness (QED) is 0.582. The number of aromatic nitrogens is 4. The van der Waals surface area contributed by atoms with Crippen molar-refractivity contribution in [2.75, 3.05) is 7.11 Å². The van der Waals surface area contributed by atoms with E-state index >= 15 is 0 Å². The predicted octanol–water partition coefficient (Wildman–Crippen LogP) is 0.254. The number of methoxy groups -OCH3 is 1. The number of aryl methyl sites for hydroxylation is 1. The third-order valence-electron chi connectivity index (χ3n) is 2.72. The Labute approximate surface area is 105 Å². The van der Waals surface area contributed by atoms with E-state index in [1.165, 1.54) is 6.33 Å². The van der Waals surface area contributed by atoms with Crippen LogP contribution >= 0.6 is 0 Å². The molecule has 2 aromatic rings. The number of ether oxygens (including phenoxy) is 1. The minimum absolute atomic E-state index is 0.261. The molecule has 7 nitrogen and oxygen atoms in total. The molecule has 0 aliphatic rings. The molecule has 1 atom stereocenters. The third-order valence-corrected chi connectivity index (χ3v) is 2.72. The maximum atomic E-state index is 5.64. The topological polar surface area (TPSA) is 90.9 Å². The van der Waals surface area contributed by atoms with E-state index in [2.05, 4.69) is 20.5 Å². The number of hydrazine groups is 1. The number of nitrogens with two attached hydrogens (primary N) is 1. The molecule has 2 rings (SSSR count). The van der Waals surface area contributed by atoms with Crippen LogP contribution in [0.5, 0.6) is 5.75 Å². The van der Waals surface area contributed by atoms with E-state index < -0.39 is 0 Å². The van der Waals surface area contributed by atoms with Crippen LogP contribution in [-0.4, -0.2) is 26.9 Å². The summed E-state index contributed by atoms with van der Waals surface area (Å²) in [6, 6.07) is -0.261. The smallest absolute Gasteiger partial charge is 0.161 e. The predicted molar refractivity (Wildman–Crippen MR) is 65.7 cm³/mol. The normalized spacial score (nSPS) is 12.4. The Morgan fingerprint density at radius 1 is 1.39 bits per heavy atom. The highest BCUT2D eigenvalue weighted by atomic mass is 16.5. The molecule has 0 bridgehead atoms. The number of hydrogen-bond acceptors (Lipinski definition) is 6. The standard InChI is InChI=1S/C11H16N6O/c1-3-17-11(9(18-2)6-15-17)10(16-12)8-4-13-7-14-5-8/h4-7,10,16H,3,12H2,1-2H3. The van der Waals surface area contributed by atoms with Gasteiger partial charge in [0.25, 0.3) is 0 Å². The number of hydrogen-bond donors (Lipinski definition) is 2. The van der Waals surface area contributed by atoms with Gasteiger partial charge in [-0.1, -0.05) is 0 Å². The lowest BCUT2D eigenvalue weighted by Crippen LogP contribution is -2.31. The lowest BCUT2D eigenvalue weighted by Gasteiger charge is -2.18. The molecule has 0 aliphatic carbocycles. The van der Waals surface area contributed by atoms with Gasteiger partial charge in [-0.25, -0.2) is 15.4 Å². The van der Waals surface area contributed by atoms with Gasteiger partial charge >= 0.3 is 0 Å². The van der Waals surface area contributed by atoms with Crippen LogP contribution < -0.4 is 16.0 Å². The van der Waals surface area contributed by atoms with Crippen LogP contribution in [0.25, 0.3) is 0 Å². The van der Waals surface area contributed by atoms with Crippen molar-refractivity contribution in [2.45, 2.75) is 19.5 Å². The molecule has 2 heterocycles. The van der Waals surface area contributed by atoms with Gasteiger partial charge in [0.2, 0.25) is 0 Å². The van der Waals surface area contributed by atoms with Crippen molar-refractivity contribution in [2.24, 2.45) is 5.84 Å². The Morgan fingerprint density at radius 2 is 2.11 bits per heavy atom. The Morgan fingerprint density at radius 3 is 2.67 bits per heavy atom. The molecule has 3 N–H and O–H groups in total. The molecule has 1 unspecified atom stereocenters. The number of nitrogens with one attached hydrogen (secondary N) is 1. The molecule has 0 amide bonds. The van der Waals surface area contributed by atoms with Gasteiger partial charge in [0.15, 0.2) is 5.75 Å². The molecule has 0 saturated heterocycles. The molecule has 0 spiro atoms. The first-order valence-corrected chi connectivity index (χ1v) is 5.62. The van der Waals surface area contributed by atoms with Gasteiger partial charge in [-0.15, -0.1) is 0 Å². The maximum Gasteiger partial charge on any atom is 0.161 e. The second kappa shape index (κ2) is 5.56. The molecule has 0 saturated carbocycles. The van der Waals surface area contributed by atoms with Crippen molar-refractivity contribution >= 4 is 0 Å². The molecule has 0 radical (unpaired) electrons. The van der Waals surface area contributed by atoms with Crippen molar-refractivity contribution in [1.29, 1.82) is 0 Å². The zero-order chi connectivity index (χ0) is 13.0. The van der Waals surface area contributed by atoms with Crippen LogP contribution in [0.15, 0.2) is 24.9 Å². The van der Waals surface area contributed by atoms with E-state index in [1.54, 1.807) is 25.7 Å². The highest BCUT2D eigenvalue weighted by molar-refractivity contribution is 5.34. The minimum atomic E-state index is -0.261. The Kier molecular flexibility index (Phi) is 3.85. The van der Waals surface area contributed by atoms with Crippen LogP contribution in [0.3, 0.4) is 0 Å². The van der Waals surface area contributed by atoms with E-state index in [0.717, 1.165) is 17.8 Å². The van der Waals surface area contributed by atoms with Crippen molar-refractivity contribution < 1.29 is 4.74 Å². The first kappa shape index (κ1) is 12.5. The van der Waals surface area contributed by atoms with Gasteiger partial charge in [-0.3, -0.25) is 10.5 Å². The minimum Gasteiger partial charge on any atom is -0.493 e. The first-order chi connectivity index (χ1) is 8.81. The number of nitrogens with zero attached hydrogens (tertiary/aromatic N) is 4. The fraction of sp³-hybridized carbons (Fsp3) is 0.364. The molecule has 96 valence electrons. The monoisotopic (exact) mass is 248 g/mol. The average molecular weight is 248 g/mol. The van der Waals surface area contributed by atoms with Crippen molar-refractivity contribution in [3.8, 4) is 5.75 Å². The molecule has 0 fully saturated rings. The maximum absolute atomic E-state index is 5.64. The Bertz CT molecular complexity index is 476. The lowest BCUT2D eigenvalue weighted by atomic mass is 10.1. The molecular weight excluding hydrogens is 232 g/mol. The highest BCUT2D eigenvalue weighted by Gasteiger charge is 2.22. The fourth-order valence-corrected chi connectivity index (χ4v) is 1.87. The average Bonchev–Trinajstić information content (AvgIpc) is 2.84. The Balaban J connectivity index is 2.47. The van der Waals surface area contributed by atoms with E-state index in [0.29, 0.717) is 5.75 Å². The summed E-state index contributed by atoms with van der Waals surface area (Å²) in [7, 11) is 1.61. The van der Waals surface area contributed by atoms with Gasteiger partial charge in [-0.2, -0.15) is 5.10 Å². The molecule has 0 aromatic carbocycles. The third kappa shape index (κ3) is 2.18. The molecule has 0 aliphatic heterocycles. The van der Waals surface area contributed by atoms with E-state index in [9.17, 15) is 0 Å². The summed E-state index contributed by atoms with van der Waals surface area (Å²) >= 11 is 0. The zero-order valence-electron chi connectivity index (χ0n) is 10.4. The summed E-state index contributed by atoms with van der Waals surface area (Å²) in [5.74, 6) is 6.32. The zero-order valence-corrected chi connectivity index (χ0v) is 10.4. The van der Waals surface area contributed by atoms with Crippen LogP contribution in [0.2, 0.25) is 0 Å². The van der Waals surface area contributed by atoms with Crippen LogP contribution in [0, 0.1) is 0 Å². The van der Waals surface area contributed by atoms with Gasteiger partial charge in [0.05, 0.1) is 19.3 Å². The summed E-state index contributed by atoms with van der Waals surface area (Å²) in [5.41, 5.74) is 4.46. The number of rotatable bonds is 5. The summed E-state index contributed by atoms with van der Waals surface area (Å²) in [5, 5.41) is 4.26. The second-order valence-electron chi connectivity index (χ2n) is 3.69. The second-order valence-corrected chi connectivity index (χ2v) is 3.69. The summed E-state index contributed by atoms with van der Waals surface area (Å²) < 4.78 is 7.14. The van der Waals surface area contributed by atoms with Gasteiger partial charge < -0.3 is 4.74 Å². The fourth-order valence-electron chi connectivity index (χ4n) is 1.87. The SMILES string of the molecule is CCn1ncc(OC)c1C(NN)c1cncnc1. The largest absolute Gasteiger partial charge is 0.493 e. The first-order valence-electron chi connectivity index (χ1n) is 5.62. The van der Waals surface area contributed by atoms with Crippen LogP contribution in [0.4, 0.5) is 0 Å². The van der Waals surface area contributed by atoms with Gasteiger partial charge in [0, 0.05) is 24.5 Å². The van der Waals surface area contributed by atoms with Gasteiger partial charge in [-0.05, 0) is 6.92 Å². The molecule has 2 aromatic heterocycles. The summed E-state index contributed by atoms with van der Waals surface area (Å²) in [4.78, 5) is 7.99. The van der Waals surface area contributed by atoms with Crippen LogP contribution in [0.1, 0.15) is 24.2 Å². The molecular formula is C11H16N6O.